The molecule has 0 amide bonds. The fourth-order valence-electron chi connectivity index (χ4n) is 2.34. The molecule has 0 atom stereocenters. The molecule has 0 spiro atoms. The van der Waals surface area contributed by atoms with Crippen molar-refractivity contribution in [2.45, 2.75) is 40.3 Å². The van der Waals surface area contributed by atoms with E-state index in [1.807, 2.05) is 30.0 Å². The summed E-state index contributed by atoms with van der Waals surface area (Å²) in [6, 6.07) is 0. The number of fused-ring (bicyclic) bond motifs is 1. The minimum absolute atomic E-state index is 0.457. The molecule has 3 rings (SSSR count). The largest absolute Gasteiger partial charge is 0.444 e. The summed E-state index contributed by atoms with van der Waals surface area (Å²) in [6.07, 6.45) is 2.58. The van der Waals surface area contributed by atoms with Crippen LogP contribution in [0.4, 0.5) is 5.95 Å². The van der Waals surface area contributed by atoms with Gasteiger partial charge in [0.25, 0.3) is 0 Å². The number of hydrogen-bond donors (Lipinski definition) is 1. The van der Waals surface area contributed by atoms with Gasteiger partial charge in [0.1, 0.15) is 17.8 Å². The molecule has 0 aliphatic rings. The van der Waals surface area contributed by atoms with Crippen LogP contribution in [-0.4, -0.2) is 24.3 Å². The molecule has 20 heavy (non-hydrogen) atoms. The van der Waals surface area contributed by atoms with E-state index in [9.17, 15) is 0 Å². The van der Waals surface area contributed by atoms with Crippen LogP contribution >= 0.6 is 0 Å². The van der Waals surface area contributed by atoms with Gasteiger partial charge in [0.2, 0.25) is 11.8 Å². The summed E-state index contributed by atoms with van der Waals surface area (Å²) in [5.74, 6) is 1.96. The van der Waals surface area contributed by atoms with Gasteiger partial charge < -0.3 is 10.2 Å². The SMILES string of the molecule is CCc1cnc(Cn2c(N)nc3c(C)nn(CC)c32)o1. The lowest BCUT2D eigenvalue weighted by molar-refractivity contribution is 0.447. The molecule has 106 valence electrons. The molecule has 0 radical (unpaired) electrons. The highest BCUT2D eigenvalue weighted by Crippen LogP contribution is 2.22. The third kappa shape index (κ3) is 1.86. The van der Waals surface area contributed by atoms with Crippen LogP contribution in [0.5, 0.6) is 0 Å². The number of hydrogen-bond acceptors (Lipinski definition) is 5. The second-order valence-electron chi connectivity index (χ2n) is 4.70. The van der Waals surface area contributed by atoms with E-state index < -0.39 is 0 Å². The van der Waals surface area contributed by atoms with Gasteiger partial charge in [-0.05, 0) is 13.8 Å². The van der Waals surface area contributed by atoms with E-state index in [2.05, 4.69) is 15.1 Å². The van der Waals surface area contributed by atoms with Crippen LogP contribution in [0.1, 0.15) is 31.2 Å². The first-order valence-electron chi connectivity index (χ1n) is 6.76. The predicted octanol–water partition coefficient (Wildman–Crippen LogP) is 1.74. The highest BCUT2D eigenvalue weighted by molar-refractivity contribution is 5.77. The Morgan fingerprint density at radius 1 is 1.35 bits per heavy atom. The number of nitrogens with zero attached hydrogens (tertiary/aromatic N) is 5. The number of nitrogen functional groups attached to an aromatic ring is 1. The molecule has 0 bridgehead atoms. The minimum atomic E-state index is 0.457. The van der Waals surface area contributed by atoms with Crippen LogP contribution in [-0.2, 0) is 19.5 Å². The Morgan fingerprint density at radius 3 is 2.80 bits per heavy atom. The van der Waals surface area contributed by atoms with E-state index in [1.54, 1.807) is 6.20 Å². The average Bonchev–Trinajstić information content (AvgIpc) is 3.09. The molecule has 0 aromatic carbocycles. The topological polar surface area (TPSA) is 87.7 Å². The molecule has 3 heterocycles. The average molecular weight is 274 g/mol. The molecule has 2 N–H and O–H groups in total. The third-order valence-electron chi connectivity index (χ3n) is 3.37. The van der Waals surface area contributed by atoms with Gasteiger partial charge in [-0.2, -0.15) is 5.10 Å². The van der Waals surface area contributed by atoms with Crippen LogP contribution in [0, 0.1) is 6.92 Å². The Bertz CT molecular complexity index is 750. The monoisotopic (exact) mass is 274 g/mol. The number of rotatable bonds is 4. The zero-order chi connectivity index (χ0) is 14.3. The molecule has 0 unspecified atom stereocenters. The van der Waals surface area contributed by atoms with Gasteiger partial charge in [-0.3, -0.25) is 4.57 Å². The molecule has 0 aliphatic heterocycles. The summed E-state index contributed by atoms with van der Waals surface area (Å²) in [6.45, 7) is 7.24. The smallest absolute Gasteiger partial charge is 0.214 e. The molecule has 0 saturated carbocycles. The second kappa shape index (κ2) is 4.66. The Hall–Kier alpha value is -2.31. The van der Waals surface area contributed by atoms with Crippen molar-refractivity contribution in [1.29, 1.82) is 0 Å². The highest BCUT2D eigenvalue weighted by Gasteiger charge is 2.18. The van der Waals surface area contributed by atoms with Crippen molar-refractivity contribution in [3.63, 3.8) is 0 Å². The Morgan fingerprint density at radius 2 is 2.15 bits per heavy atom. The molecule has 7 heteroatoms. The van der Waals surface area contributed by atoms with Crippen molar-refractivity contribution in [3.05, 3.63) is 23.5 Å². The van der Waals surface area contributed by atoms with Gasteiger partial charge in [-0.15, -0.1) is 0 Å². The molecule has 7 nitrogen and oxygen atoms in total. The number of imidazole rings is 1. The maximum atomic E-state index is 6.02. The van der Waals surface area contributed by atoms with Crippen LogP contribution in [0.25, 0.3) is 11.2 Å². The molecular formula is C13H18N6O. The summed E-state index contributed by atoms with van der Waals surface area (Å²) in [5, 5.41) is 4.46. The van der Waals surface area contributed by atoms with Gasteiger partial charge in [0.15, 0.2) is 5.65 Å². The minimum Gasteiger partial charge on any atom is -0.444 e. The normalized spacial score (nSPS) is 11.6. The summed E-state index contributed by atoms with van der Waals surface area (Å²) >= 11 is 0. The number of oxazole rings is 1. The Labute approximate surface area is 116 Å². The predicted molar refractivity (Wildman–Crippen MR) is 75.3 cm³/mol. The van der Waals surface area contributed by atoms with E-state index in [4.69, 9.17) is 10.2 Å². The van der Waals surface area contributed by atoms with Crippen molar-refractivity contribution in [2.75, 3.05) is 5.73 Å². The summed E-state index contributed by atoms with van der Waals surface area (Å²) in [7, 11) is 0. The Balaban J connectivity index is 2.08. The zero-order valence-electron chi connectivity index (χ0n) is 11.9. The van der Waals surface area contributed by atoms with Gasteiger partial charge in [-0.25, -0.2) is 14.6 Å². The first-order chi connectivity index (χ1) is 9.63. The van der Waals surface area contributed by atoms with Gasteiger partial charge in [0, 0.05) is 13.0 Å². The van der Waals surface area contributed by atoms with Gasteiger partial charge >= 0.3 is 0 Å². The first-order valence-corrected chi connectivity index (χ1v) is 6.76. The van der Waals surface area contributed by atoms with E-state index >= 15 is 0 Å². The molecule has 0 aliphatic carbocycles. The van der Waals surface area contributed by atoms with E-state index in [0.717, 1.165) is 35.6 Å². The van der Waals surface area contributed by atoms with Crippen molar-refractivity contribution in [2.24, 2.45) is 0 Å². The molecule has 3 aromatic rings. The lowest BCUT2D eigenvalue weighted by Gasteiger charge is -2.05. The highest BCUT2D eigenvalue weighted by atomic mass is 16.4. The lowest BCUT2D eigenvalue weighted by atomic mass is 10.4. The maximum Gasteiger partial charge on any atom is 0.214 e. The molecule has 0 saturated heterocycles. The quantitative estimate of drug-likeness (QED) is 0.783. The Kier molecular flexibility index (Phi) is 2.96. The van der Waals surface area contributed by atoms with Crippen LogP contribution in [0.2, 0.25) is 0 Å². The van der Waals surface area contributed by atoms with Crippen molar-refractivity contribution in [1.82, 2.24) is 24.3 Å². The first kappa shape index (κ1) is 12.7. The number of aryl methyl sites for hydroxylation is 3. The summed E-state index contributed by atoms with van der Waals surface area (Å²) in [4.78, 5) is 8.66. The van der Waals surface area contributed by atoms with Crippen molar-refractivity contribution >= 4 is 17.1 Å². The lowest BCUT2D eigenvalue weighted by Crippen LogP contribution is -2.09. The fourth-order valence-corrected chi connectivity index (χ4v) is 2.34. The standard InChI is InChI=1S/C13H18N6O/c1-4-9-6-15-10(20-9)7-18-12-11(16-13(18)14)8(3)17-19(12)5-2/h6H,4-5,7H2,1-3H3,(H2,14,16). The van der Waals surface area contributed by atoms with Gasteiger partial charge in [0.05, 0.1) is 11.9 Å². The number of nitrogens with two attached hydrogens (primary N) is 1. The van der Waals surface area contributed by atoms with Gasteiger partial charge in [-0.1, -0.05) is 6.92 Å². The molecular weight excluding hydrogens is 256 g/mol. The third-order valence-corrected chi connectivity index (χ3v) is 3.37. The van der Waals surface area contributed by atoms with E-state index in [1.165, 1.54) is 0 Å². The van der Waals surface area contributed by atoms with Crippen LogP contribution < -0.4 is 5.73 Å². The summed E-state index contributed by atoms with van der Waals surface area (Å²) in [5.41, 5.74) is 8.66. The maximum absolute atomic E-state index is 6.02. The van der Waals surface area contributed by atoms with Crippen molar-refractivity contribution in [3.8, 4) is 0 Å². The number of aromatic nitrogens is 5. The number of anilines is 1. The van der Waals surface area contributed by atoms with Crippen molar-refractivity contribution < 1.29 is 4.42 Å². The molecule has 3 aromatic heterocycles. The van der Waals surface area contributed by atoms with Crippen LogP contribution in [0.3, 0.4) is 0 Å². The summed E-state index contributed by atoms with van der Waals surface area (Å²) < 4.78 is 9.44. The van der Waals surface area contributed by atoms with Crippen LogP contribution in [0.15, 0.2) is 10.6 Å². The van der Waals surface area contributed by atoms with E-state index in [-0.39, 0.29) is 0 Å². The molecule has 0 fully saturated rings. The zero-order valence-corrected chi connectivity index (χ0v) is 11.9. The fraction of sp³-hybridized carbons (Fsp3) is 0.462. The van der Waals surface area contributed by atoms with E-state index in [0.29, 0.717) is 18.4 Å². The second-order valence-corrected chi connectivity index (χ2v) is 4.70.